The van der Waals surface area contributed by atoms with Crippen LogP contribution in [0.3, 0.4) is 0 Å². The van der Waals surface area contributed by atoms with Crippen molar-refractivity contribution in [2.24, 2.45) is 0 Å². The van der Waals surface area contributed by atoms with Gasteiger partial charge in [0.15, 0.2) is 5.16 Å². The summed E-state index contributed by atoms with van der Waals surface area (Å²) < 4.78 is 1.65. The van der Waals surface area contributed by atoms with Gasteiger partial charge in [0, 0.05) is 23.9 Å². The first-order valence-corrected chi connectivity index (χ1v) is 10.2. The molecule has 142 valence electrons. The van der Waals surface area contributed by atoms with Crippen molar-refractivity contribution in [2.75, 3.05) is 5.75 Å². The summed E-state index contributed by atoms with van der Waals surface area (Å²) in [7, 11) is 0. The van der Waals surface area contributed by atoms with E-state index in [1.54, 1.807) is 4.57 Å². The number of thioether (sulfide) groups is 1. The van der Waals surface area contributed by atoms with Crippen LogP contribution in [0.5, 0.6) is 0 Å². The summed E-state index contributed by atoms with van der Waals surface area (Å²) in [6.07, 6.45) is 0.251. The van der Waals surface area contributed by atoms with Gasteiger partial charge in [-0.05, 0) is 18.1 Å². The normalized spacial score (nSPS) is 15.4. The third-order valence-corrected chi connectivity index (χ3v) is 5.91. The van der Waals surface area contributed by atoms with Crippen LogP contribution in [0.25, 0.3) is 0 Å². The van der Waals surface area contributed by atoms with Crippen molar-refractivity contribution in [3.63, 3.8) is 0 Å². The van der Waals surface area contributed by atoms with E-state index in [1.807, 2.05) is 67.6 Å². The molecule has 0 unspecified atom stereocenters. The van der Waals surface area contributed by atoms with Crippen molar-refractivity contribution in [1.29, 1.82) is 0 Å². The third-order valence-electron chi connectivity index (χ3n) is 4.81. The molecular weight excluding hydrogens is 370 g/mol. The molecule has 4 rings (SSSR count). The lowest BCUT2D eigenvalue weighted by Crippen LogP contribution is -2.33. The molecule has 1 N–H and O–H groups in total. The van der Waals surface area contributed by atoms with Gasteiger partial charge in [0.2, 0.25) is 5.91 Å². The molecule has 1 amide bonds. The summed E-state index contributed by atoms with van der Waals surface area (Å²) in [6, 6.07) is 21.0. The van der Waals surface area contributed by atoms with E-state index in [4.69, 9.17) is 0 Å². The highest BCUT2D eigenvalue weighted by Gasteiger charge is 2.28. The Labute approximate surface area is 167 Å². The zero-order valence-corrected chi connectivity index (χ0v) is 16.4. The number of carbonyl (C=O) groups excluding carboxylic acids is 1. The highest BCUT2D eigenvalue weighted by Crippen LogP contribution is 2.32. The maximum atomic E-state index is 12.9. The Balaban J connectivity index is 1.55. The molecule has 0 bridgehead atoms. The molecule has 3 aromatic rings. The Bertz CT molecular complexity index is 995. The molecule has 6 heteroatoms. The minimum atomic E-state index is -0.226. The second-order valence-corrected chi connectivity index (χ2v) is 7.87. The molecule has 1 aromatic heterocycles. The number of hydrogen-bond donors (Lipinski definition) is 1. The van der Waals surface area contributed by atoms with E-state index >= 15 is 0 Å². The van der Waals surface area contributed by atoms with Gasteiger partial charge in [-0.3, -0.25) is 14.2 Å². The summed E-state index contributed by atoms with van der Waals surface area (Å²) in [5.74, 6) is 0.601. The fourth-order valence-electron chi connectivity index (χ4n) is 3.50. The van der Waals surface area contributed by atoms with Crippen LogP contribution in [0.15, 0.2) is 76.7 Å². The lowest BCUT2D eigenvalue weighted by Gasteiger charge is -2.21. The van der Waals surface area contributed by atoms with Gasteiger partial charge >= 0.3 is 0 Å². The number of nitrogens with one attached hydrogen (secondary N) is 1. The van der Waals surface area contributed by atoms with E-state index in [2.05, 4.69) is 10.3 Å². The van der Waals surface area contributed by atoms with Gasteiger partial charge in [-0.15, -0.1) is 0 Å². The third kappa shape index (κ3) is 3.87. The van der Waals surface area contributed by atoms with E-state index in [1.165, 1.54) is 17.8 Å². The van der Waals surface area contributed by atoms with Crippen molar-refractivity contribution in [3.8, 4) is 0 Å². The highest BCUT2D eigenvalue weighted by atomic mass is 32.2. The predicted octanol–water partition coefficient (Wildman–Crippen LogP) is 3.49. The summed E-state index contributed by atoms with van der Waals surface area (Å²) in [5, 5.41) is 3.85. The lowest BCUT2D eigenvalue weighted by atomic mass is 9.98. The van der Waals surface area contributed by atoms with Gasteiger partial charge in [-0.25, -0.2) is 4.98 Å². The van der Waals surface area contributed by atoms with Crippen molar-refractivity contribution in [1.82, 2.24) is 14.9 Å². The minimum Gasteiger partial charge on any atom is -0.345 e. The van der Waals surface area contributed by atoms with Crippen molar-refractivity contribution >= 4 is 17.7 Å². The number of aromatic nitrogens is 2. The Kier molecular flexibility index (Phi) is 5.30. The number of fused-ring (bicyclic) bond motifs is 1. The van der Waals surface area contributed by atoms with Crippen LogP contribution < -0.4 is 10.9 Å². The second-order valence-electron chi connectivity index (χ2n) is 6.88. The van der Waals surface area contributed by atoms with Crippen LogP contribution in [0.1, 0.15) is 35.3 Å². The van der Waals surface area contributed by atoms with Gasteiger partial charge in [0.1, 0.15) is 0 Å². The summed E-state index contributed by atoms with van der Waals surface area (Å²) in [6.45, 7) is 1.81. The van der Waals surface area contributed by atoms with Crippen LogP contribution in [-0.2, 0) is 4.79 Å². The summed E-state index contributed by atoms with van der Waals surface area (Å²) in [5.41, 5.74) is 2.67. The maximum absolute atomic E-state index is 12.9. The topological polar surface area (TPSA) is 64.0 Å². The fourth-order valence-corrected chi connectivity index (χ4v) is 4.69. The molecule has 0 radical (unpaired) electrons. The highest BCUT2D eigenvalue weighted by molar-refractivity contribution is 7.99. The smallest absolute Gasteiger partial charge is 0.254 e. The first kappa shape index (κ1) is 18.5. The molecule has 0 saturated carbocycles. The summed E-state index contributed by atoms with van der Waals surface area (Å²) >= 11 is 1.53. The molecule has 5 nitrogen and oxygen atoms in total. The minimum absolute atomic E-state index is 0.0800. The maximum Gasteiger partial charge on any atom is 0.254 e. The molecule has 1 aliphatic rings. The molecule has 0 spiro atoms. The Morgan fingerprint density at radius 3 is 2.36 bits per heavy atom. The Morgan fingerprint density at radius 2 is 1.75 bits per heavy atom. The molecule has 2 heterocycles. The lowest BCUT2D eigenvalue weighted by molar-refractivity contribution is -0.122. The monoisotopic (exact) mass is 391 g/mol. The number of hydrogen-bond acceptors (Lipinski definition) is 4. The molecular formula is C22H21N3O2S. The van der Waals surface area contributed by atoms with Crippen LogP contribution in [0.2, 0.25) is 0 Å². The molecule has 2 aromatic carbocycles. The Morgan fingerprint density at radius 1 is 1.14 bits per heavy atom. The van der Waals surface area contributed by atoms with Gasteiger partial charge in [-0.1, -0.05) is 72.4 Å². The van der Waals surface area contributed by atoms with E-state index in [0.29, 0.717) is 16.6 Å². The number of nitrogens with zero attached hydrogens (tertiary/aromatic N) is 2. The number of aryl methyl sites for hydroxylation is 1. The predicted molar refractivity (Wildman–Crippen MR) is 110 cm³/mol. The van der Waals surface area contributed by atoms with Gasteiger partial charge in [0.05, 0.1) is 12.1 Å². The van der Waals surface area contributed by atoms with Crippen LogP contribution in [0.4, 0.5) is 0 Å². The van der Waals surface area contributed by atoms with E-state index in [-0.39, 0.29) is 30.0 Å². The molecule has 1 atom stereocenters. The van der Waals surface area contributed by atoms with Gasteiger partial charge in [0.25, 0.3) is 5.56 Å². The molecule has 1 aliphatic heterocycles. The fraction of sp³-hybridized carbons (Fsp3) is 0.227. The molecule has 0 aliphatic carbocycles. The van der Waals surface area contributed by atoms with Crippen molar-refractivity contribution < 1.29 is 4.79 Å². The first-order valence-electron chi connectivity index (χ1n) is 9.24. The zero-order valence-electron chi connectivity index (χ0n) is 15.5. The number of rotatable bonds is 5. The van der Waals surface area contributed by atoms with Gasteiger partial charge < -0.3 is 5.32 Å². The molecule has 0 saturated heterocycles. The number of carbonyl (C=O) groups is 1. The molecule has 0 fully saturated rings. The largest absolute Gasteiger partial charge is 0.345 e. The average Bonchev–Trinajstić information content (AvgIpc) is 3.10. The van der Waals surface area contributed by atoms with Crippen molar-refractivity contribution in [3.05, 3.63) is 93.9 Å². The van der Waals surface area contributed by atoms with E-state index < -0.39 is 0 Å². The zero-order chi connectivity index (χ0) is 19.5. The van der Waals surface area contributed by atoms with E-state index in [0.717, 1.165) is 11.1 Å². The van der Waals surface area contributed by atoms with Crippen LogP contribution >= 0.6 is 11.8 Å². The van der Waals surface area contributed by atoms with Gasteiger partial charge in [-0.2, -0.15) is 0 Å². The average molecular weight is 391 g/mol. The van der Waals surface area contributed by atoms with Crippen LogP contribution in [-0.4, -0.2) is 21.2 Å². The van der Waals surface area contributed by atoms with Crippen molar-refractivity contribution in [2.45, 2.75) is 30.6 Å². The number of benzene rings is 2. The second kappa shape index (κ2) is 8.02. The number of amides is 1. The van der Waals surface area contributed by atoms with Crippen LogP contribution in [0, 0.1) is 6.92 Å². The van der Waals surface area contributed by atoms with E-state index in [9.17, 15) is 9.59 Å². The molecule has 28 heavy (non-hydrogen) atoms. The SMILES string of the molecule is Cc1cc(=O)n2c(n1)SC[C@H]2CC(=O)NC(c1ccccc1)c1ccccc1. The quantitative estimate of drug-likeness (QED) is 0.676. The summed E-state index contributed by atoms with van der Waals surface area (Å²) in [4.78, 5) is 29.7. The standard InChI is InChI=1S/C22H21N3O2S/c1-15-12-20(27)25-18(14-28-22(25)23-15)13-19(26)24-21(16-8-4-2-5-9-16)17-10-6-3-7-11-17/h2-12,18,21H,13-14H2,1H3,(H,24,26)/t18-/m1/s1. The Hall–Kier alpha value is -2.86. The first-order chi connectivity index (χ1) is 13.6.